The zero-order chi connectivity index (χ0) is 13.0. The van der Waals surface area contributed by atoms with Crippen LogP contribution in [-0.4, -0.2) is 23.0 Å². The number of furan rings is 1. The van der Waals surface area contributed by atoms with Crippen LogP contribution in [0.5, 0.6) is 0 Å². The molecule has 0 aromatic carbocycles. The Morgan fingerprint density at radius 1 is 1.41 bits per heavy atom. The molecule has 92 valence electrons. The summed E-state index contributed by atoms with van der Waals surface area (Å²) in [5, 5.41) is 10.6. The molecule has 0 N–H and O–H groups in total. The van der Waals surface area contributed by atoms with E-state index >= 15 is 0 Å². The quantitative estimate of drug-likeness (QED) is 0.425. The van der Waals surface area contributed by atoms with Gasteiger partial charge in [0.15, 0.2) is 0 Å². The molecular weight excluding hydrogens is 226 g/mol. The van der Waals surface area contributed by atoms with Gasteiger partial charge in [0.25, 0.3) is 0 Å². The Morgan fingerprint density at radius 3 is 2.35 bits per heavy atom. The smallest absolute Gasteiger partial charge is 0.214 e. The van der Waals surface area contributed by atoms with E-state index in [0.717, 1.165) is 0 Å². The third-order valence-corrected chi connectivity index (χ3v) is 2.53. The molecule has 1 atom stereocenters. The monoisotopic (exact) mass is 239 g/mol. The maximum absolute atomic E-state index is 11.4. The molecule has 0 unspecified atom stereocenters. The lowest BCUT2D eigenvalue weighted by Gasteiger charge is -2.17. The number of ketones is 2. The highest BCUT2D eigenvalue weighted by Crippen LogP contribution is 2.27. The van der Waals surface area contributed by atoms with Crippen molar-refractivity contribution in [2.45, 2.75) is 19.8 Å². The third kappa shape index (κ3) is 3.24. The second-order valence-corrected chi connectivity index (χ2v) is 3.84. The fourth-order valence-corrected chi connectivity index (χ4v) is 1.88. The van der Waals surface area contributed by atoms with Gasteiger partial charge in [0.1, 0.15) is 17.3 Å². The summed E-state index contributed by atoms with van der Waals surface area (Å²) in [6.07, 6.45) is 1.36. The summed E-state index contributed by atoms with van der Waals surface area (Å²) in [7, 11) is 0. The van der Waals surface area contributed by atoms with Crippen LogP contribution in [0.4, 0.5) is 0 Å². The van der Waals surface area contributed by atoms with E-state index in [1.54, 1.807) is 6.07 Å². The van der Waals surface area contributed by atoms with Gasteiger partial charge in [-0.2, -0.15) is 0 Å². The molecule has 0 amide bonds. The van der Waals surface area contributed by atoms with Crippen LogP contribution < -0.4 is 0 Å². The molecule has 0 bridgehead atoms. The van der Waals surface area contributed by atoms with E-state index < -0.39 is 23.3 Å². The van der Waals surface area contributed by atoms with Crippen molar-refractivity contribution in [1.29, 1.82) is 0 Å². The predicted molar refractivity (Wildman–Crippen MR) is 58.2 cm³/mol. The van der Waals surface area contributed by atoms with E-state index in [0.29, 0.717) is 0 Å². The van der Waals surface area contributed by atoms with Crippen molar-refractivity contribution in [3.05, 3.63) is 34.3 Å². The maximum atomic E-state index is 11.4. The summed E-state index contributed by atoms with van der Waals surface area (Å²) in [6, 6.07) is 3.10. The van der Waals surface area contributed by atoms with Gasteiger partial charge < -0.3 is 4.42 Å². The third-order valence-electron chi connectivity index (χ3n) is 2.53. The lowest BCUT2D eigenvalue weighted by Crippen LogP contribution is -2.31. The van der Waals surface area contributed by atoms with Crippen molar-refractivity contribution in [3.8, 4) is 0 Å². The van der Waals surface area contributed by atoms with Crippen molar-refractivity contribution in [1.82, 2.24) is 0 Å². The summed E-state index contributed by atoms with van der Waals surface area (Å²) in [6.45, 7) is 2.00. The van der Waals surface area contributed by atoms with Gasteiger partial charge in [0.05, 0.1) is 18.1 Å². The van der Waals surface area contributed by atoms with Crippen LogP contribution in [0.15, 0.2) is 22.8 Å². The van der Waals surface area contributed by atoms with E-state index in [1.807, 2.05) is 0 Å². The minimum Gasteiger partial charge on any atom is -0.469 e. The lowest BCUT2D eigenvalue weighted by molar-refractivity contribution is -0.484. The van der Waals surface area contributed by atoms with E-state index in [2.05, 4.69) is 0 Å². The summed E-state index contributed by atoms with van der Waals surface area (Å²) in [5.74, 6) is -2.35. The summed E-state index contributed by atoms with van der Waals surface area (Å²) in [4.78, 5) is 32.9. The molecular formula is C11H13NO5. The van der Waals surface area contributed by atoms with Gasteiger partial charge in [-0.1, -0.05) is 0 Å². The van der Waals surface area contributed by atoms with Gasteiger partial charge in [0.2, 0.25) is 6.54 Å². The average Bonchev–Trinajstić information content (AvgIpc) is 2.66. The average molecular weight is 239 g/mol. The Hall–Kier alpha value is -1.98. The summed E-state index contributed by atoms with van der Waals surface area (Å²) < 4.78 is 5.07. The van der Waals surface area contributed by atoms with Crippen LogP contribution in [0.1, 0.15) is 25.5 Å². The molecule has 0 fully saturated rings. The SMILES string of the molecule is CC(=O)C(C(C)=O)[C@H](C[N+](=O)[O-])c1ccco1. The normalized spacial score (nSPS) is 12.4. The Labute approximate surface area is 97.8 Å². The number of hydrogen-bond acceptors (Lipinski definition) is 5. The number of Topliss-reactive ketones (excluding diaryl/α,β-unsaturated/α-hetero) is 2. The number of hydrogen-bond donors (Lipinski definition) is 0. The number of carbonyl (C=O) groups excluding carboxylic acids is 2. The lowest BCUT2D eigenvalue weighted by atomic mass is 9.84. The maximum Gasteiger partial charge on any atom is 0.214 e. The fraction of sp³-hybridized carbons (Fsp3) is 0.455. The van der Waals surface area contributed by atoms with Gasteiger partial charge in [0, 0.05) is 4.92 Å². The van der Waals surface area contributed by atoms with Crippen molar-refractivity contribution >= 4 is 11.6 Å². The summed E-state index contributed by atoms with van der Waals surface area (Å²) in [5.41, 5.74) is 0. The number of nitro groups is 1. The molecule has 0 saturated carbocycles. The molecule has 0 saturated heterocycles. The first-order chi connectivity index (χ1) is 7.93. The minimum absolute atomic E-state index is 0.289. The molecule has 0 aliphatic carbocycles. The van der Waals surface area contributed by atoms with Crippen LogP contribution in [0.2, 0.25) is 0 Å². The van der Waals surface area contributed by atoms with Crippen LogP contribution >= 0.6 is 0 Å². The standard InChI is InChI=1S/C11H13NO5/c1-7(13)11(8(2)14)9(6-12(15)16)10-4-3-5-17-10/h3-5,9,11H,6H2,1-2H3/t9-/m1/s1. The van der Waals surface area contributed by atoms with Crippen LogP contribution in [0.3, 0.4) is 0 Å². The van der Waals surface area contributed by atoms with E-state index in [-0.39, 0.29) is 17.3 Å². The molecule has 6 nitrogen and oxygen atoms in total. The zero-order valence-corrected chi connectivity index (χ0v) is 9.58. The van der Waals surface area contributed by atoms with Crippen molar-refractivity contribution < 1.29 is 18.9 Å². The van der Waals surface area contributed by atoms with Crippen molar-refractivity contribution in [2.75, 3.05) is 6.54 Å². The minimum atomic E-state index is -1.02. The van der Waals surface area contributed by atoms with Gasteiger partial charge in [-0.05, 0) is 26.0 Å². The Bertz CT molecular complexity index is 409. The van der Waals surface area contributed by atoms with Gasteiger partial charge in [-0.3, -0.25) is 19.7 Å². The van der Waals surface area contributed by atoms with Crippen LogP contribution in [-0.2, 0) is 9.59 Å². The molecule has 6 heteroatoms. The first-order valence-corrected chi connectivity index (χ1v) is 5.09. The number of nitrogens with zero attached hydrogens (tertiary/aromatic N) is 1. The highest BCUT2D eigenvalue weighted by molar-refractivity contribution is 6.01. The first kappa shape index (κ1) is 13.1. The Kier molecular flexibility index (Phi) is 4.14. The van der Waals surface area contributed by atoms with Gasteiger partial charge in [-0.25, -0.2) is 0 Å². The fourth-order valence-electron chi connectivity index (χ4n) is 1.88. The van der Waals surface area contributed by atoms with E-state index in [4.69, 9.17) is 4.42 Å². The zero-order valence-electron chi connectivity index (χ0n) is 9.58. The topological polar surface area (TPSA) is 90.4 Å². The second kappa shape index (κ2) is 5.38. The van der Waals surface area contributed by atoms with E-state index in [1.165, 1.54) is 26.2 Å². The molecule has 1 heterocycles. The largest absolute Gasteiger partial charge is 0.469 e. The Balaban J connectivity index is 3.08. The molecule has 1 aromatic heterocycles. The molecule has 0 radical (unpaired) electrons. The summed E-state index contributed by atoms with van der Waals surface area (Å²) >= 11 is 0. The molecule has 1 rings (SSSR count). The van der Waals surface area contributed by atoms with Gasteiger partial charge >= 0.3 is 0 Å². The molecule has 0 spiro atoms. The predicted octanol–water partition coefficient (Wildman–Crippen LogP) is 1.43. The van der Waals surface area contributed by atoms with Gasteiger partial charge in [-0.15, -0.1) is 0 Å². The molecule has 17 heavy (non-hydrogen) atoms. The van der Waals surface area contributed by atoms with Crippen LogP contribution in [0, 0.1) is 16.0 Å². The van der Waals surface area contributed by atoms with Crippen LogP contribution in [0.25, 0.3) is 0 Å². The second-order valence-electron chi connectivity index (χ2n) is 3.84. The number of carbonyl (C=O) groups is 2. The van der Waals surface area contributed by atoms with E-state index in [9.17, 15) is 19.7 Å². The van der Waals surface area contributed by atoms with Crippen molar-refractivity contribution in [2.24, 2.45) is 5.92 Å². The molecule has 0 aliphatic heterocycles. The number of rotatable bonds is 6. The van der Waals surface area contributed by atoms with Crippen molar-refractivity contribution in [3.63, 3.8) is 0 Å². The highest BCUT2D eigenvalue weighted by Gasteiger charge is 2.36. The first-order valence-electron chi connectivity index (χ1n) is 5.09. The molecule has 1 aromatic rings. The molecule has 0 aliphatic rings. The Morgan fingerprint density at radius 2 is 2.00 bits per heavy atom. The highest BCUT2D eigenvalue weighted by atomic mass is 16.6.